The number of hydrogen-bond acceptors (Lipinski definition) is 5. The fourth-order valence-corrected chi connectivity index (χ4v) is 3.71. The van der Waals surface area contributed by atoms with Gasteiger partial charge in [-0.05, 0) is 22.4 Å². The Morgan fingerprint density at radius 1 is 1.38 bits per heavy atom. The van der Waals surface area contributed by atoms with Crippen LogP contribution < -0.4 is 10.2 Å². The molecule has 0 saturated heterocycles. The Balaban J connectivity index is 1.88. The van der Waals surface area contributed by atoms with Gasteiger partial charge in [0.05, 0.1) is 5.69 Å². The quantitative estimate of drug-likeness (QED) is 0.753. The number of thiazole rings is 1. The molecule has 0 atom stereocenters. The smallest absolute Gasteiger partial charge is 0.195 e. The Morgan fingerprint density at radius 3 is 2.95 bits per heavy atom. The van der Waals surface area contributed by atoms with Crippen LogP contribution in [0.5, 0.6) is 0 Å². The van der Waals surface area contributed by atoms with Crippen LogP contribution in [0.25, 0.3) is 4.96 Å². The Kier molecular flexibility index (Phi) is 4.28. The van der Waals surface area contributed by atoms with E-state index in [-0.39, 0.29) is 0 Å². The van der Waals surface area contributed by atoms with E-state index in [0.29, 0.717) is 6.04 Å². The van der Waals surface area contributed by atoms with Gasteiger partial charge in [-0.25, -0.2) is 4.98 Å². The number of hydrogen-bond donors (Lipinski definition) is 1. The monoisotopic (exact) mass is 320 g/mol. The molecule has 0 aromatic carbocycles. The molecule has 3 aromatic heterocycles. The van der Waals surface area contributed by atoms with E-state index in [1.807, 2.05) is 0 Å². The van der Waals surface area contributed by atoms with Crippen LogP contribution in [0.1, 0.15) is 25.1 Å². The second kappa shape index (κ2) is 6.17. The minimum absolute atomic E-state index is 0.462. The van der Waals surface area contributed by atoms with Crippen molar-refractivity contribution in [3.05, 3.63) is 39.7 Å². The van der Waals surface area contributed by atoms with Crippen molar-refractivity contribution in [3.63, 3.8) is 0 Å². The predicted octanol–water partition coefficient (Wildman–Crippen LogP) is 3.59. The van der Waals surface area contributed by atoms with E-state index in [1.165, 1.54) is 11.3 Å². The number of thiophene rings is 1. The minimum Gasteiger partial charge on any atom is -0.354 e. The Labute approximate surface area is 133 Å². The standard InChI is InChI=1S/C15H20N4S2/c1-11(2)16-8-13-14(17-15-19(13)5-7-21-15)18(3)9-12-4-6-20-10-12/h4-7,10-11,16H,8-9H2,1-3H3. The van der Waals surface area contributed by atoms with Gasteiger partial charge in [-0.3, -0.25) is 4.40 Å². The number of imidazole rings is 1. The molecular weight excluding hydrogens is 300 g/mol. The Morgan fingerprint density at radius 2 is 2.24 bits per heavy atom. The first-order valence-corrected chi connectivity index (χ1v) is 8.87. The van der Waals surface area contributed by atoms with Gasteiger partial charge in [0.1, 0.15) is 0 Å². The predicted molar refractivity (Wildman–Crippen MR) is 91.5 cm³/mol. The summed E-state index contributed by atoms with van der Waals surface area (Å²) in [6, 6.07) is 2.63. The van der Waals surface area contributed by atoms with Crippen LogP contribution in [0.2, 0.25) is 0 Å². The zero-order valence-corrected chi connectivity index (χ0v) is 14.2. The molecule has 0 saturated carbocycles. The molecule has 3 heterocycles. The number of nitrogens with zero attached hydrogens (tertiary/aromatic N) is 3. The van der Waals surface area contributed by atoms with E-state index >= 15 is 0 Å². The number of rotatable bonds is 6. The van der Waals surface area contributed by atoms with Crippen molar-refractivity contribution in [2.24, 2.45) is 0 Å². The minimum atomic E-state index is 0.462. The van der Waals surface area contributed by atoms with Gasteiger partial charge in [-0.1, -0.05) is 13.8 Å². The third-order valence-electron chi connectivity index (χ3n) is 3.38. The lowest BCUT2D eigenvalue weighted by Gasteiger charge is -2.18. The fraction of sp³-hybridized carbons (Fsp3) is 0.400. The fourth-order valence-electron chi connectivity index (χ4n) is 2.32. The van der Waals surface area contributed by atoms with E-state index in [0.717, 1.165) is 23.9 Å². The summed E-state index contributed by atoms with van der Waals surface area (Å²) in [5.41, 5.74) is 2.57. The molecule has 3 aromatic rings. The third kappa shape index (κ3) is 3.12. The second-order valence-electron chi connectivity index (χ2n) is 5.46. The first kappa shape index (κ1) is 14.6. The average molecular weight is 320 g/mol. The van der Waals surface area contributed by atoms with E-state index in [1.54, 1.807) is 22.7 Å². The number of fused-ring (bicyclic) bond motifs is 1. The molecular formula is C15H20N4S2. The number of aromatic nitrogens is 2. The maximum atomic E-state index is 4.80. The van der Waals surface area contributed by atoms with E-state index in [9.17, 15) is 0 Å². The van der Waals surface area contributed by atoms with Gasteiger partial charge in [-0.15, -0.1) is 11.3 Å². The molecule has 0 amide bonds. The van der Waals surface area contributed by atoms with Gasteiger partial charge in [0.2, 0.25) is 0 Å². The first-order valence-electron chi connectivity index (χ1n) is 7.05. The van der Waals surface area contributed by atoms with Crippen molar-refractivity contribution in [2.45, 2.75) is 33.0 Å². The van der Waals surface area contributed by atoms with Crippen molar-refractivity contribution < 1.29 is 0 Å². The van der Waals surface area contributed by atoms with Crippen LogP contribution in [-0.4, -0.2) is 22.5 Å². The maximum Gasteiger partial charge on any atom is 0.195 e. The summed E-state index contributed by atoms with van der Waals surface area (Å²) < 4.78 is 2.19. The van der Waals surface area contributed by atoms with Gasteiger partial charge in [-0.2, -0.15) is 11.3 Å². The molecule has 112 valence electrons. The van der Waals surface area contributed by atoms with Gasteiger partial charge >= 0.3 is 0 Å². The van der Waals surface area contributed by atoms with Gasteiger partial charge in [0, 0.05) is 37.8 Å². The second-order valence-corrected chi connectivity index (χ2v) is 7.11. The molecule has 4 nitrogen and oxygen atoms in total. The first-order chi connectivity index (χ1) is 10.1. The molecule has 1 N–H and O–H groups in total. The van der Waals surface area contributed by atoms with Crippen molar-refractivity contribution in [1.29, 1.82) is 0 Å². The molecule has 0 fully saturated rings. The van der Waals surface area contributed by atoms with E-state index in [2.05, 4.69) is 63.9 Å². The van der Waals surface area contributed by atoms with Gasteiger partial charge < -0.3 is 10.2 Å². The molecule has 0 aliphatic carbocycles. The van der Waals surface area contributed by atoms with E-state index < -0.39 is 0 Å². The summed E-state index contributed by atoms with van der Waals surface area (Å²) in [6.07, 6.45) is 2.10. The summed E-state index contributed by atoms with van der Waals surface area (Å²) in [5.74, 6) is 1.07. The maximum absolute atomic E-state index is 4.80. The normalized spacial score (nSPS) is 11.6. The van der Waals surface area contributed by atoms with Crippen LogP contribution >= 0.6 is 22.7 Å². The highest BCUT2D eigenvalue weighted by atomic mass is 32.1. The Bertz CT molecular complexity index is 696. The van der Waals surface area contributed by atoms with Crippen LogP contribution in [-0.2, 0) is 13.1 Å². The molecule has 0 bridgehead atoms. The molecule has 0 aliphatic heterocycles. The molecule has 3 rings (SSSR count). The van der Waals surface area contributed by atoms with Crippen LogP contribution in [0.15, 0.2) is 28.4 Å². The van der Waals surface area contributed by atoms with Gasteiger partial charge in [0.25, 0.3) is 0 Å². The lowest BCUT2D eigenvalue weighted by molar-refractivity contribution is 0.579. The van der Waals surface area contributed by atoms with Crippen LogP contribution in [0.4, 0.5) is 5.82 Å². The van der Waals surface area contributed by atoms with Gasteiger partial charge in [0.15, 0.2) is 10.8 Å². The van der Waals surface area contributed by atoms with Crippen molar-refractivity contribution >= 4 is 33.5 Å². The van der Waals surface area contributed by atoms with E-state index in [4.69, 9.17) is 4.98 Å². The summed E-state index contributed by atoms with van der Waals surface area (Å²) in [7, 11) is 2.11. The average Bonchev–Trinajstić information content (AvgIpc) is 3.12. The number of anilines is 1. The van der Waals surface area contributed by atoms with Crippen LogP contribution in [0.3, 0.4) is 0 Å². The third-order valence-corrected chi connectivity index (χ3v) is 4.87. The highest BCUT2D eigenvalue weighted by Crippen LogP contribution is 2.25. The lowest BCUT2D eigenvalue weighted by atomic mass is 10.3. The van der Waals surface area contributed by atoms with Crippen molar-refractivity contribution in [2.75, 3.05) is 11.9 Å². The zero-order chi connectivity index (χ0) is 14.8. The van der Waals surface area contributed by atoms with Crippen molar-refractivity contribution in [3.8, 4) is 0 Å². The summed E-state index contributed by atoms with van der Waals surface area (Å²) >= 11 is 3.42. The van der Waals surface area contributed by atoms with Crippen molar-refractivity contribution in [1.82, 2.24) is 14.7 Å². The highest BCUT2D eigenvalue weighted by Gasteiger charge is 2.17. The SMILES string of the molecule is CC(C)NCc1c(N(C)Cc2ccsc2)nc2sccn12. The van der Waals surface area contributed by atoms with Crippen LogP contribution in [0, 0.1) is 0 Å². The zero-order valence-electron chi connectivity index (χ0n) is 12.5. The molecule has 21 heavy (non-hydrogen) atoms. The number of nitrogens with one attached hydrogen (secondary N) is 1. The molecule has 0 unspecified atom stereocenters. The molecule has 0 aliphatic rings. The molecule has 0 radical (unpaired) electrons. The molecule has 6 heteroatoms. The lowest BCUT2D eigenvalue weighted by Crippen LogP contribution is -2.25. The summed E-state index contributed by atoms with van der Waals surface area (Å²) in [6.45, 7) is 6.06. The topological polar surface area (TPSA) is 32.6 Å². The molecule has 0 spiro atoms. The summed E-state index contributed by atoms with van der Waals surface area (Å²) in [4.78, 5) is 8.10. The largest absolute Gasteiger partial charge is 0.354 e. The summed E-state index contributed by atoms with van der Waals surface area (Å²) in [5, 5.41) is 9.91. The highest BCUT2D eigenvalue weighted by molar-refractivity contribution is 7.15. The Hall–Kier alpha value is -1.37.